The van der Waals surface area contributed by atoms with Gasteiger partial charge in [0, 0.05) is 23.3 Å². The summed E-state index contributed by atoms with van der Waals surface area (Å²) in [4.78, 5) is 15.3. The normalized spacial score (nSPS) is 18.9. The summed E-state index contributed by atoms with van der Waals surface area (Å²) in [7, 11) is 0. The number of rotatable bonds is 3. The standard InChI is InChI=1S/C14H21NO3S/c1-10(2)12-7-11(8-19-12)13(17)15-5-3-14(18,9-16)4-6-15/h7-8,10,16,18H,3-6,9H2,1-2H3. The fourth-order valence-corrected chi connectivity index (χ4v) is 3.13. The Bertz CT molecular complexity index is 447. The predicted molar refractivity (Wildman–Crippen MR) is 75.6 cm³/mol. The van der Waals surface area contributed by atoms with E-state index in [0.717, 1.165) is 5.56 Å². The number of hydrogen-bond acceptors (Lipinski definition) is 4. The van der Waals surface area contributed by atoms with E-state index in [2.05, 4.69) is 13.8 Å². The smallest absolute Gasteiger partial charge is 0.254 e. The summed E-state index contributed by atoms with van der Waals surface area (Å²) >= 11 is 1.62. The van der Waals surface area contributed by atoms with Gasteiger partial charge in [0.25, 0.3) is 5.91 Å². The summed E-state index contributed by atoms with van der Waals surface area (Å²) < 4.78 is 0. The number of carbonyl (C=O) groups excluding carboxylic acids is 1. The Kier molecular flexibility index (Phi) is 4.28. The van der Waals surface area contributed by atoms with E-state index in [9.17, 15) is 9.90 Å². The fraction of sp³-hybridized carbons (Fsp3) is 0.643. The van der Waals surface area contributed by atoms with Crippen LogP contribution in [0.15, 0.2) is 11.4 Å². The van der Waals surface area contributed by atoms with E-state index < -0.39 is 5.60 Å². The quantitative estimate of drug-likeness (QED) is 0.889. The first kappa shape index (κ1) is 14.5. The van der Waals surface area contributed by atoms with E-state index in [-0.39, 0.29) is 12.5 Å². The van der Waals surface area contributed by atoms with Crippen molar-refractivity contribution in [1.82, 2.24) is 4.90 Å². The molecular formula is C14H21NO3S. The van der Waals surface area contributed by atoms with E-state index in [1.54, 1.807) is 16.2 Å². The van der Waals surface area contributed by atoms with Gasteiger partial charge < -0.3 is 15.1 Å². The topological polar surface area (TPSA) is 60.8 Å². The average molecular weight is 283 g/mol. The van der Waals surface area contributed by atoms with Crippen molar-refractivity contribution in [3.05, 3.63) is 21.9 Å². The van der Waals surface area contributed by atoms with Crippen molar-refractivity contribution in [2.45, 2.75) is 38.2 Å². The molecule has 0 aromatic carbocycles. The van der Waals surface area contributed by atoms with Crippen molar-refractivity contribution in [1.29, 1.82) is 0 Å². The molecule has 0 unspecified atom stereocenters. The number of aliphatic hydroxyl groups is 2. The van der Waals surface area contributed by atoms with Gasteiger partial charge in [0.15, 0.2) is 0 Å². The van der Waals surface area contributed by atoms with Crippen LogP contribution < -0.4 is 0 Å². The molecule has 0 saturated carbocycles. The Hall–Kier alpha value is -0.910. The first-order chi connectivity index (χ1) is 8.95. The lowest BCUT2D eigenvalue weighted by atomic mass is 9.92. The van der Waals surface area contributed by atoms with Crippen molar-refractivity contribution in [3.8, 4) is 0 Å². The molecule has 1 aromatic heterocycles. The molecule has 0 atom stereocenters. The number of piperidine rings is 1. The van der Waals surface area contributed by atoms with Gasteiger partial charge in [-0.25, -0.2) is 0 Å². The van der Waals surface area contributed by atoms with Crippen molar-refractivity contribution in [2.75, 3.05) is 19.7 Å². The summed E-state index contributed by atoms with van der Waals surface area (Å²) in [5.74, 6) is 0.468. The van der Waals surface area contributed by atoms with E-state index >= 15 is 0 Å². The lowest BCUT2D eigenvalue weighted by molar-refractivity contribution is -0.0546. The first-order valence-corrected chi connectivity index (χ1v) is 7.54. The molecule has 1 amide bonds. The van der Waals surface area contributed by atoms with Crippen molar-refractivity contribution in [3.63, 3.8) is 0 Å². The summed E-state index contributed by atoms with van der Waals surface area (Å²) in [6.45, 7) is 5.00. The highest BCUT2D eigenvalue weighted by molar-refractivity contribution is 7.10. The minimum Gasteiger partial charge on any atom is -0.393 e. The van der Waals surface area contributed by atoms with Crippen LogP contribution in [-0.4, -0.2) is 46.3 Å². The molecule has 1 fully saturated rings. The maximum atomic E-state index is 12.3. The van der Waals surface area contributed by atoms with Crippen molar-refractivity contribution < 1.29 is 15.0 Å². The molecule has 1 aromatic rings. The zero-order chi connectivity index (χ0) is 14.0. The van der Waals surface area contributed by atoms with Gasteiger partial charge in [-0.15, -0.1) is 11.3 Å². The van der Waals surface area contributed by atoms with Crippen LogP contribution in [0.3, 0.4) is 0 Å². The van der Waals surface area contributed by atoms with Crippen LogP contribution in [0.1, 0.15) is 47.8 Å². The molecular weight excluding hydrogens is 262 g/mol. The minimum atomic E-state index is -1.01. The van der Waals surface area contributed by atoms with Crippen LogP contribution in [0.2, 0.25) is 0 Å². The molecule has 1 aliphatic rings. The van der Waals surface area contributed by atoms with E-state index in [0.29, 0.717) is 31.8 Å². The van der Waals surface area contributed by atoms with Gasteiger partial charge >= 0.3 is 0 Å². The van der Waals surface area contributed by atoms with Crippen LogP contribution in [0.4, 0.5) is 0 Å². The minimum absolute atomic E-state index is 0.0307. The number of amides is 1. The molecule has 0 radical (unpaired) electrons. The second kappa shape index (κ2) is 5.61. The van der Waals surface area contributed by atoms with Gasteiger partial charge in [-0.05, 0) is 24.8 Å². The lowest BCUT2D eigenvalue weighted by Crippen LogP contribution is -2.48. The maximum absolute atomic E-state index is 12.3. The summed E-state index contributed by atoms with van der Waals surface area (Å²) in [5, 5.41) is 21.0. The van der Waals surface area contributed by atoms with Gasteiger partial charge in [0.05, 0.1) is 17.8 Å². The Morgan fingerprint density at radius 2 is 2.11 bits per heavy atom. The van der Waals surface area contributed by atoms with Crippen molar-refractivity contribution >= 4 is 17.2 Å². The lowest BCUT2D eigenvalue weighted by Gasteiger charge is -2.36. The molecule has 2 N–H and O–H groups in total. The van der Waals surface area contributed by atoms with Crippen molar-refractivity contribution in [2.24, 2.45) is 0 Å². The highest BCUT2D eigenvalue weighted by Crippen LogP contribution is 2.26. The van der Waals surface area contributed by atoms with Gasteiger partial charge in [-0.2, -0.15) is 0 Å². The molecule has 2 rings (SSSR count). The molecule has 0 aliphatic carbocycles. The highest BCUT2D eigenvalue weighted by atomic mass is 32.1. The van der Waals surface area contributed by atoms with Crippen LogP contribution in [0.5, 0.6) is 0 Å². The summed E-state index contributed by atoms with van der Waals surface area (Å²) in [6, 6.07) is 1.96. The highest BCUT2D eigenvalue weighted by Gasteiger charge is 2.33. The zero-order valence-electron chi connectivity index (χ0n) is 11.4. The Labute approximate surface area is 117 Å². The van der Waals surface area contributed by atoms with E-state index in [1.807, 2.05) is 11.4 Å². The third kappa shape index (κ3) is 3.16. The third-order valence-corrected chi connectivity index (χ3v) is 4.94. The fourth-order valence-electron chi connectivity index (χ4n) is 2.23. The summed E-state index contributed by atoms with van der Waals surface area (Å²) in [6.07, 6.45) is 0.882. The SMILES string of the molecule is CC(C)c1cc(C(=O)N2CCC(O)(CO)CC2)cs1. The van der Waals surface area contributed by atoms with Gasteiger partial charge in [-0.3, -0.25) is 4.79 Å². The molecule has 106 valence electrons. The Morgan fingerprint density at radius 1 is 1.47 bits per heavy atom. The first-order valence-electron chi connectivity index (χ1n) is 6.66. The second-order valence-corrected chi connectivity index (χ2v) is 6.51. The Morgan fingerprint density at radius 3 is 2.58 bits per heavy atom. The van der Waals surface area contributed by atoms with Gasteiger partial charge in [0.2, 0.25) is 0 Å². The number of likely N-dealkylation sites (tertiary alicyclic amines) is 1. The van der Waals surface area contributed by atoms with Crippen LogP contribution in [0.25, 0.3) is 0 Å². The molecule has 1 saturated heterocycles. The molecule has 0 spiro atoms. The zero-order valence-corrected chi connectivity index (χ0v) is 12.2. The van der Waals surface area contributed by atoms with Crippen LogP contribution in [-0.2, 0) is 0 Å². The monoisotopic (exact) mass is 283 g/mol. The number of carbonyl (C=O) groups is 1. The third-order valence-electron chi connectivity index (χ3n) is 3.71. The molecule has 1 aliphatic heterocycles. The average Bonchev–Trinajstić information content (AvgIpc) is 2.88. The van der Waals surface area contributed by atoms with Gasteiger partial charge in [-0.1, -0.05) is 13.8 Å². The maximum Gasteiger partial charge on any atom is 0.254 e. The number of thiophene rings is 1. The number of aliphatic hydroxyl groups excluding tert-OH is 1. The summed E-state index contributed by atoms with van der Waals surface area (Å²) in [5.41, 5.74) is -0.266. The second-order valence-electron chi connectivity index (χ2n) is 5.57. The van der Waals surface area contributed by atoms with E-state index in [4.69, 9.17) is 5.11 Å². The number of nitrogens with zero attached hydrogens (tertiary/aromatic N) is 1. The molecule has 4 nitrogen and oxygen atoms in total. The molecule has 2 heterocycles. The number of hydrogen-bond donors (Lipinski definition) is 2. The van der Waals surface area contributed by atoms with Crippen LogP contribution >= 0.6 is 11.3 Å². The largest absolute Gasteiger partial charge is 0.393 e. The van der Waals surface area contributed by atoms with E-state index in [1.165, 1.54) is 4.88 Å². The molecule has 19 heavy (non-hydrogen) atoms. The molecule has 0 bridgehead atoms. The van der Waals surface area contributed by atoms with Gasteiger partial charge in [0.1, 0.15) is 0 Å². The predicted octanol–water partition coefficient (Wildman–Crippen LogP) is 1.83. The Balaban J connectivity index is 2.01. The van der Waals surface area contributed by atoms with Crippen LogP contribution in [0, 0.1) is 0 Å². The molecule has 5 heteroatoms.